The van der Waals surface area contributed by atoms with Crippen LogP contribution in [0.1, 0.15) is 21.7 Å². The smallest absolute Gasteiger partial charge is 0.251 e. The molecule has 3 rings (SSSR count). The number of aryl methyl sites for hydroxylation is 1. The van der Waals surface area contributed by atoms with Gasteiger partial charge in [0.25, 0.3) is 5.91 Å². The van der Waals surface area contributed by atoms with E-state index < -0.39 is 0 Å². The van der Waals surface area contributed by atoms with Gasteiger partial charge in [-0.2, -0.15) is 0 Å². The average molecular weight is 366 g/mol. The van der Waals surface area contributed by atoms with E-state index in [1.54, 1.807) is 31.8 Å². The number of ether oxygens (including phenoxy) is 1. The van der Waals surface area contributed by atoms with Crippen LogP contribution in [0, 0.1) is 6.92 Å². The molecule has 0 radical (unpaired) electrons. The Morgan fingerprint density at radius 2 is 2.04 bits per heavy atom. The van der Waals surface area contributed by atoms with Gasteiger partial charge in [-0.3, -0.25) is 4.79 Å². The molecule has 0 atom stereocenters. The van der Waals surface area contributed by atoms with E-state index in [4.69, 9.17) is 10.5 Å². The summed E-state index contributed by atoms with van der Waals surface area (Å²) in [5, 5.41) is 2.91. The standard InChI is InChI=1S/C19H22N6O2/c1-13-9-17(24-19(20)23-13)14-3-5-15(6-4-14)18(26)22-11-16-10-21-12-25(16)7-8-27-2/h3-6,9-10,12H,7-8,11H2,1-2H3,(H,22,26)(H2,20,23,24). The van der Waals surface area contributed by atoms with E-state index in [9.17, 15) is 4.79 Å². The van der Waals surface area contributed by atoms with Crippen molar-refractivity contribution in [3.05, 3.63) is 59.8 Å². The lowest BCUT2D eigenvalue weighted by Gasteiger charge is -2.09. The average Bonchev–Trinajstić information content (AvgIpc) is 3.11. The number of hydrogen-bond acceptors (Lipinski definition) is 6. The van der Waals surface area contributed by atoms with E-state index in [1.165, 1.54) is 0 Å². The third-order valence-corrected chi connectivity index (χ3v) is 4.08. The normalized spacial score (nSPS) is 10.7. The highest BCUT2D eigenvalue weighted by Gasteiger charge is 2.09. The van der Waals surface area contributed by atoms with Crippen molar-refractivity contribution < 1.29 is 9.53 Å². The number of nitrogens with zero attached hydrogens (tertiary/aromatic N) is 4. The number of aromatic nitrogens is 4. The second-order valence-corrected chi connectivity index (χ2v) is 6.08. The van der Waals surface area contributed by atoms with E-state index in [0.29, 0.717) is 25.3 Å². The molecule has 0 spiro atoms. The summed E-state index contributed by atoms with van der Waals surface area (Å²) in [6, 6.07) is 9.07. The quantitative estimate of drug-likeness (QED) is 0.660. The molecule has 0 unspecified atom stereocenters. The van der Waals surface area contributed by atoms with Crippen molar-refractivity contribution >= 4 is 11.9 Å². The maximum absolute atomic E-state index is 12.4. The summed E-state index contributed by atoms with van der Waals surface area (Å²) in [6.07, 6.45) is 3.46. The molecular weight excluding hydrogens is 344 g/mol. The largest absolute Gasteiger partial charge is 0.383 e. The summed E-state index contributed by atoms with van der Waals surface area (Å²) in [6.45, 7) is 3.54. The van der Waals surface area contributed by atoms with E-state index in [1.807, 2.05) is 29.7 Å². The number of carbonyl (C=O) groups is 1. The summed E-state index contributed by atoms with van der Waals surface area (Å²) in [7, 11) is 1.65. The van der Waals surface area contributed by atoms with Crippen molar-refractivity contribution in [3.8, 4) is 11.3 Å². The number of benzene rings is 1. The molecule has 140 valence electrons. The molecule has 0 fully saturated rings. The van der Waals surface area contributed by atoms with Gasteiger partial charge in [-0.05, 0) is 25.1 Å². The minimum Gasteiger partial charge on any atom is -0.383 e. The highest BCUT2D eigenvalue weighted by Crippen LogP contribution is 2.19. The molecule has 2 heterocycles. The SMILES string of the molecule is COCCn1cncc1CNC(=O)c1ccc(-c2cc(C)nc(N)n2)cc1. The molecule has 1 amide bonds. The number of amides is 1. The highest BCUT2D eigenvalue weighted by atomic mass is 16.5. The second-order valence-electron chi connectivity index (χ2n) is 6.08. The number of nitrogens with two attached hydrogens (primary N) is 1. The Morgan fingerprint density at radius 3 is 2.74 bits per heavy atom. The number of hydrogen-bond donors (Lipinski definition) is 2. The van der Waals surface area contributed by atoms with Gasteiger partial charge in [-0.25, -0.2) is 15.0 Å². The summed E-state index contributed by atoms with van der Waals surface area (Å²) in [4.78, 5) is 24.8. The fourth-order valence-electron chi connectivity index (χ4n) is 2.69. The molecule has 3 N–H and O–H groups in total. The van der Waals surface area contributed by atoms with Crippen LogP contribution in [-0.2, 0) is 17.8 Å². The molecule has 27 heavy (non-hydrogen) atoms. The number of nitrogen functional groups attached to an aromatic ring is 1. The molecule has 0 bridgehead atoms. The van der Waals surface area contributed by atoms with Crippen LogP contribution in [0.4, 0.5) is 5.95 Å². The van der Waals surface area contributed by atoms with Crippen molar-refractivity contribution in [2.75, 3.05) is 19.5 Å². The van der Waals surface area contributed by atoms with Crippen LogP contribution in [0.25, 0.3) is 11.3 Å². The maximum atomic E-state index is 12.4. The first-order valence-corrected chi connectivity index (χ1v) is 8.54. The minimum atomic E-state index is -0.153. The Bertz CT molecular complexity index is 900. The number of anilines is 1. The van der Waals surface area contributed by atoms with Gasteiger partial charge < -0.3 is 20.4 Å². The van der Waals surface area contributed by atoms with E-state index >= 15 is 0 Å². The van der Waals surface area contributed by atoms with Crippen LogP contribution in [0.2, 0.25) is 0 Å². The Hall–Kier alpha value is -3.26. The fraction of sp³-hybridized carbons (Fsp3) is 0.263. The third kappa shape index (κ3) is 4.68. The zero-order valence-electron chi connectivity index (χ0n) is 15.3. The lowest BCUT2D eigenvalue weighted by Crippen LogP contribution is -2.24. The van der Waals surface area contributed by atoms with Gasteiger partial charge in [-0.1, -0.05) is 12.1 Å². The van der Waals surface area contributed by atoms with Gasteiger partial charge in [0.1, 0.15) is 0 Å². The van der Waals surface area contributed by atoms with Gasteiger partial charge in [0.05, 0.1) is 30.9 Å². The molecule has 0 aliphatic heterocycles. The summed E-state index contributed by atoms with van der Waals surface area (Å²) in [5.74, 6) is 0.0799. The Balaban J connectivity index is 1.65. The lowest BCUT2D eigenvalue weighted by molar-refractivity contribution is 0.0950. The number of nitrogens with one attached hydrogen (secondary N) is 1. The Morgan fingerprint density at radius 1 is 1.26 bits per heavy atom. The van der Waals surface area contributed by atoms with Gasteiger partial charge in [-0.15, -0.1) is 0 Å². The van der Waals surface area contributed by atoms with Crippen molar-refractivity contribution in [1.29, 1.82) is 0 Å². The molecule has 0 aliphatic carbocycles. The predicted molar refractivity (Wildman–Crippen MR) is 102 cm³/mol. The Labute approximate surface area is 157 Å². The van der Waals surface area contributed by atoms with Crippen LogP contribution in [0.15, 0.2) is 42.9 Å². The first-order chi connectivity index (χ1) is 13.1. The van der Waals surface area contributed by atoms with E-state index in [2.05, 4.69) is 20.3 Å². The molecule has 0 saturated carbocycles. The van der Waals surface area contributed by atoms with Crippen LogP contribution in [0.3, 0.4) is 0 Å². The van der Waals surface area contributed by atoms with Crippen LogP contribution in [0.5, 0.6) is 0 Å². The molecule has 8 nitrogen and oxygen atoms in total. The molecule has 3 aromatic rings. The lowest BCUT2D eigenvalue weighted by atomic mass is 10.1. The number of methoxy groups -OCH3 is 1. The first kappa shape index (κ1) is 18.5. The van der Waals surface area contributed by atoms with Crippen molar-refractivity contribution in [3.63, 3.8) is 0 Å². The number of carbonyl (C=O) groups excluding carboxylic acids is 1. The number of imidazole rings is 1. The zero-order valence-corrected chi connectivity index (χ0v) is 15.3. The van der Waals surface area contributed by atoms with Crippen molar-refractivity contribution in [1.82, 2.24) is 24.8 Å². The summed E-state index contributed by atoms with van der Waals surface area (Å²) in [5.41, 5.74) is 9.59. The summed E-state index contributed by atoms with van der Waals surface area (Å²) < 4.78 is 7.03. The molecule has 2 aromatic heterocycles. The summed E-state index contributed by atoms with van der Waals surface area (Å²) >= 11 is 0. The van der Waals surface area contributed by atoms with E-state index in [-0.39, 0.29) is 11.9 Å². The van der Waals surface area contributed by atoms with Crippen molar-refractivity contribution in [2.45, 2.75) is 20.0 Å². The maximum Gasteiger partial charge on any atom is 0.251 e. The van der Waals surface area contributed by atoms with Gasteiger partial charge in [0.2, 0.25) is 5.95 Å². The molecule has 0 saturated heterocycles. The fourth-order valence-corrected chi connectivity index (χ4v) is 2.69. The molecule has 0 aliphatic rings. The van der Waals surface area contributed by atoms with Gasteiger partial charge in [0, 0.05) is 36.7 Å². The predicted octanol–water partition coefficient (Wildman–Crippen LogP) is 1.81. The van der Waals surface area contributed by atoms with Gasteiger partial charge >= 0.3 is 0 Å². The first-order valence-electron chi connectivity index (χ1n) is 8.54. The zero-order chi connectivity index (χ0) is 19.2. The van der Waals surface area contributed by atoms with E-state index in [0.717, 1.165) is 22.6 Å². The third-order valence-electron chi connectivity index (χ3n) is 4.08. The minimum absolute atomic E-state index is 0.153. The van der Waals surface area contributed by atoms with Gasteiger partial charge in [0.15, 0.2) is 0 Å². The molecule has 1 aromatic carbocycles. The van der Waals surface area contributed by atoms with Crippen LogP contribution < -0.4 is 11.1 Å². The highest BCUT2D eigenvalue weighted by molar-refractivity contribution is 5.94. The Kier molecular flexibility index (Phi) is 5.77. The number of rotatable bonds is 7. The topological polar surface area (TPSA) is 108 Å². The molecular formula is C19H22N6O2. The van der Waals surface area contributed by atoms with Crippen LogP contribution >= 0.6 is 0 Å². The monoisotopic (exact) mass is 366 g/mol. The second kappa shape index (κ2) is 8.41. The van der Waals surface area contributed by atoms with Crippen LogP contribution in [-0.4, -0.2) is 39.1 Å². The molecule has 8 heteroatoms. The van der Waals surface area contributed by atoms with Crippen molar-refractivity contribution in [2.24, 2.45) is 0 Å².